The number of para-hydroxylation sites is 2. The molecule has 0 aliphatic rings. The van der Waals surface area contributed by atoms with Crippen LogP contribution >= 0.6 is 15.9 Å². The molecule has 6 heteroatoms. The van der Waals surface area contributed by atoms with E-state index < -0.39 is 10.0 Å². The first-order chi connectivity index (χ1) is 9.96. The van der Waals surface area contributed by atoms with E-state index in [-0.39, 0.29) is 4.90 Å². The number of benzene rings is 2. The molecule has 0 bridgehead atoms. The Morgan fingerprint density at radius 2 is 1.71 bits per heavy atom. The maximum absolute atomic E-state index is 12.7. The second-order valence-corrected chi connectivity index (χ2v) is 7.21. The average Bonchev–Trinajstić information content (AvgIpc) is 2.48. The molecule has 112 valence electrons. The minimum atomic E-state index is -3.62. The van der Waals surface area contributed by atoms with E-state index in [9.17, 15) is 8.42 Å². The molecule has 0 aromatic heterocycles. The predicted molar refractivity (Wildman–Crippen MR) is 87.3 cm³/mol. The Balaban J connectivity index is 2.43. The Bertz CT molecular complexity index is 714. The van der Waals surface area contributed by atoms with Crippen LogP contribution in [0, 0.1) is 0 Å². The molecule has 0 heterocycles. The molecular weight excluding hydrogens is 354 g/mol. The van der Waals surface area contributed by atoms with Crippen LogP contribution < -0.4 is 9.04 Å². The normalized spacial score (nSPS) is 11.2. The van der Waals surface area contributed by atoms with Crippen LogP contribution in [0.25, 0.3) is 0 Å². The smallest absolute Gasteiger partial charge is 0.264 e. The van der Waals surface area contributed by atoms with Crippen molar-refractivity contribution in [3.63, 3.8) is 0 Å². The second-order valence-electron chi connectivity index (χ2n) is 4.33. The maximum Gasteiger partial charge on any atom is 0.264 e. The highest BCUT2D eigenvalue weighted by molar-refractivity contribution is 9.10. The standard InChI is InChI=1S/C15H16BrNO3S/c1-3-20-15-7-5-4-6-14(15)17(2)21(18,19)13-10-8-12(16)9-11-13/h4-11H,3H2,1-2H3. The SMILES string of the molecule is CCOc1ccccc1N(C)S(=O)(=O)c1ccc(Br)cc1. The van der Waals surface area contributed by atoms with Gasteiger partial charge in [0.1, 0.15) is 5.75 Å². The van der Waals surface area contributed by atoms with Gasteiger partial charge in [0.25, 0.3) is 10.0 Å². The Labute approximate surface area is 133 Å². The molecule has 4 nitrogen and oxygen atoms in total. The molecule has 0 radical (unpaired) electrons. The lowest BCUT2D eigenvalue weighted by molar-refractivity contribution is 0.341. The highest BCUT2D eigenvalue weighted by Crippen LogP contribution is 2.31. The number of rotatable bonds is 5. The molecule has 2 aromatic rings. The number of hydrogen-bond acceptors (Lipinski definition) is 3. The molecular formula is C15H16BrNO3S. The lowest BCUT2D eigenvalue weighted by Crippen LogP contribution is -2.27. The summed E-state index contributed by atoms with van der Waals surface area (Å²) in [5.74, 6) is 0.545. The molecule has 0 aliphatic carbocycles. The molecule has 0 aliphatic heterocycles. The molecule has 0 saturated heterocycles. The van der Waals surface area contributed by atoms with Crippen LogP contribution in [-0.2, 0) is 10.0 Å². The number of ether oxygens (including phenoxy) is 1. The number of hydrogen-bond donors (Lipinski definition) is 0. The lowest BCUT2D eigenvalue weighted by Gasteiger charge is -2.22. The van der Waals surface area contributed by atoms with Crippen LogP contribution in [0.15, 0.2) is 57.9 Å². The summed E-state index contributed by atoms with van der Waals surface area (Å²) in [6.45, 7) is 2.34. The third-order valence-corrected chi connectivity index (χ3v) is 5.29. The molecule has 0 unspecified atom stereocenters. The largest absolute Gasteiger partial charge is 0.492 e. The van der Waals surface area contributed by atoms with Gasteiger partial charge < -0.3 is 4.74 Å². The Morgan fingerprint density at radius 1 is 1.10 bits per heavy atom. The van der Waals surface area contributed by atoms with Gasteiger partial charge in [-0.2, -0.15) is 0 Å². The average molecular weight is 370 g/mol. The van der Waals surface area contributed by atoms with Gasteiger partial charge in [-0.15, -0.1) is 0 Å². The first-order valence-electron chi connectivity index (χ1n) is 6.43. The quantitative estimate of drug-likeness (QED) is 0.807. The van der Waals surface area contributed by atoms with E-state index >= 15 is 0 Å². The second kappa shape index (κ2) is 6.49. The summed E-state index contributed by atoms with van der Waals surface area (Å²) in [5, 5.41) is 0. The van der Waals surface area contributed by atoms with E-state index in [2.05, 4.69) is 15.9 Å². The Morgan fingerprint density at radius 3 is 2.33 bits per heavy atom. The van der Waals surface area contributed by atoms with Gasteiger partial charge >= 0.3 is 0 Å². The molecule has 21 heavy (non-hydrogen) atoms. The lowest BCUT2D eigenvalue weighted by atomic mass is 10.3. The van der Waals surface area contributed by atoms with E-state index in [0.29, 0.717) is 18.0 Å². The molecule has 0 N–H and O–H groups in total. The van der Waals surface area contributed by atoms with Gasteiger partial charge in [0, 0.05) is 11.5 Å². The topological polar surface area (TPSA) is 46.6 Å². The fourth-order valence-corrected chi connectivity index (χ4v) is 3.36. The van der Waals surface area contributed by atoms with Crippen molar-refractivity contribution in [1.29, 1.82) is 0 Å². The Kier molecular flexibility index (Phi) is 4.90. The van der Waals surface area contributed by atoms with Gasteiger partial charge in [-0.25, -0.2) is 8.42 Å². The van der Waals surface area contributed by atoms with Crippen molar-refractivity contribution in [2.75, 3.05) is 18.0 Å². The maximum atomic E-state index is 12.7. The van der Waals surface area contributed by atoms with Crippen molar-refractivity contribution in [2.24, 2.45) is 0 Å². The summed E-state index contributed by atoms with van der Waals surface area (Å²) in [6, 6.07) is 13.6. The van der Waals surface area contributed by atoms with Gasteiger partial charge in [0.15, 0.2) is 0 Å². The summed E-state index contributed by atoms with van der Waals surface area (Å²) in [4.78, 5) is 0.236. The van der Waals surface area contributed by atoms with E-state index in [1.54, 1.807) is 42.5 Å². The molecule has 0 fully saturated rings. The van der Waals surface area contributed by atoms with E-state index in [1.807, 2.05) is 13.0 Å². The van der Waals surface area contributed by atoms with E-state index in [1.165, 1.54) is 11.4 Å². The molecule has 2 aromatic carbocycles. The monoisotopic (exact) mass is 369 g/mol. The fraction of sp³-hybridized carbons (Fsp3) is 0.200. The van der Waals surface area contributed by atoms with Gasteiger partial charge in [-0.3, -0.25) is 4.31 Å². The van der Waals surface area contributed by atoms with Crippen molar-refractivity contribution in [1.82, 2.24) is 0 Å². The first kappa shape index (κ1) is 15.9. The van der Waals surface area contributed by atoms with Crippen LogP contribution in [0.5, 0.6) is 5.75 Å². The molecule has 0 saturated carbocycles. The minimum absolute atomic E-state index is 0.236. The number of anilines is 1. The summed E-state index contributed by atoms with van der Waals surface area (Å²) in [7, 11) is -2.09. The summed E-state index contributed by atoms with van der Waals surface area (Å²) in [6.07, 6.45) is 0. The van der Waals surface area contributed by atoms with Crippen LogP contribution in [0.1, 0.15) is 6.92 Å². The third-order valence-electron chi connectivity index (χ3n) is 2.98. The van der Waals surface area contributed by atoms with Crippen molar-refractivity contribution in [2.45, 2.75) is 11.8 Å². The van der Waals surface area contributed by atoms with Gasteiger partial charge in [-0.1, -0.05) is 28.1 Å². The van der Waals surface area contributed by atoms with Crippen molar-refractivity contribution in [3.8, 4) is 5.75 Å². The Hall–Kier alpha value is -1.53. The predicted octanol–water partition coefficient (Wildman–Crippen LogP) is 3.67. The van der Waals surface area contributed by atoms with Gasteiger partial charge in [0.2, 0.25) is 0 Å². The van der Waals surface area contributed by atoms with Crippen LogP contribution in [0.4, 0.5) is 5.69 Å². The van der Waals surface area contributed by atoms with Crippen LogP contribution in [0.2, 0.25) is 0 Å². The van der Waals surface area contributed by atoms with Crippen molar-refractivity contribution in [3.05, 3.63) is 53.0 Å². The van der Waals surface area contributed by atoms with E-state index in [0.717, 1.165) is 4.47 Å². The summed E-state index contributed by atoms with van der Waals surface area (Å²) < 4.78 is 32.9. The fourth-order valence-electron chi connectivity index (χ4n) is 1.89. The van der Waals surface area contributed by atoms with Crippen LogP contribution in [0.3, 0.4) is 0 Å². The zero-order chi connectivity index (χ0) is 15.5. The van der Waals surface area contributed by atoms with Crippen LogP contribution in [-0.4, -0.2) is 22.1 Å². The number of nitrogens with zero attached hydrogens (tertiary/aromatic N) is 1. The minimum Gasteiger partial charge on any atom is -0.492 e. The first-order valence-corrected chi connectivity index (χ1v) is 8.66. The third kappa shape index (κ3) is 3.39. The highest BCUT2D eigenvalue weighted by Gasteiger charge is 2.23. The van der Waals surface area contributed by atoms with E-state index in [4.69, 9.17) is 4.74 Å². The zero-order valence-corrected chi connectivity index (χ0v) is 14.2. The molecule has 0 spiro atoms. The summed E-state index contributed by atoms with van der Waals surface area (Å²) in [5.41, 5.74) is 0.516. The summed E-state index contributed by atoms with van der Waals surface area (Å²) >= 11 is 3.30. The number of halogens is 1. The van der Waals surface area contributed by atoms with Crippen molar-refractivity contribution >= 4 is 31.6 Å². The zero-order valence-electron chi connectivity index (χ0n) is 11.8. The van der Waals surface area contributed by atoms with Gasteiger partial charge in [-0.05, 0) is 43.3 Å². The highest BCUT2D eigenvalue weighted by atomic mass is 79.9. The molecule has 0 amide bonds. The van der Waals surface area contributed by atoms with Crippen molar-refractivity contribution < 1.29 is 13.2 Å². The molecule has 2 rings (SSSR count). The van der Waals surface area contributed by atoms with Gasteiger partial charge in [0.05, 0.1) is 17.2 Å². The number of sulfonamides is 1. The molecule has 0 atom stereocenters.